The highest BCUT2D eigenvalue weighted by atomic mass is 16.3. The largest absolute Gasteiger partial charge is 0.456 e. The molecular weight excluding hydrogens is 476 g/mol. The van der Waals surface area contributed by atoms with Crippen LogP contribution >= 0.6 is 0 Å². The molecule has 39 heavy (non-hydrogen) atoms. The number of furan rings is 1. The van der Waals surface area contributed by atoms with Crippen LogP contribution in [-0.4, -0.2) is 6.04 Å². The molecule has 8 rings (SSSR count). The summed E-state index contributed by atoms with van der Waals surface area (Å²) >= 11 is 0. The summed E-state index contributed by atoms with van der Waals surface area (Å²) in [5.74, 6) is 0.666. The molecule has 2 aliphatic rings. The van der Waals surface area contributed by atoms with Crippen LogP contribution < -0.4 is 10.2 Å². The number of benzene rings is 5. The Morgan fingerprint density at radius 3 is 2.18 bits per heavy atom. The third kappa shape index (κ3) is 3.80. The lowest BCUT2D eigenvalue weighted by molar-refractivity contribution is 0.402. The molecule has 0 radical (unpaired) electrons. The molecule has 2 unspecified atom stereocenters. The molecule has 1 saturated carbocycles. The van der Waals surface area contributed by atoms with Gasteiger partial charge in [0.25, 0.3) is 0 Å². The molecule has 3 nitrogen and oxygen atoms in total. The first-order valence-electron chi connectivity index (χ1n) is 14.1. The van der Waals surface area contributed by atoms with Crippen molar-refractivity contribution in [2.24, 2.45) is 0 Å². The molecule has 190 valence electrons. The number of anilines is 4. The average molecular weight is 507 g/mol. The highest BCUT2D eigenvalue weighted by molar-refractivity contribution is 6.06. The predicted octanol–water partition coefficient (Wildman–Crippen LogP) is 10.2. The smallest absolute Gasteiger partial charge is 0.135 e. The maximum absolute atomic E-state index is 6.00. The van der Waals surface area contributed by atoms with E-state index in [4.69, 9.17) is 4.42 Å². The van der Waals surface area contributed by atoms with Crippen molar-refractivity contribution in [2.45, 2.75) is 37.6 Å². The molecule has 2 heterocycles. The monoisotopic (exact) mass is 506 g/mol. The lowest BCUT2D eigenvalue weighted by Gasteiger charge is -2.33. The topological polar surface area (TPSA) is 28.4 Å². The second-order valence-electron chi connectivity index (χ2n) is 10.9. The van der Waals surface area contributed by atoms with Crippen LogP contribution in [0.25, 0.3) is 33.1 Å². The number of nitrogens with zero attached hydrogens (tertiary/aromatic N) is 1. The third-order valence-corrected chi connectivity index (χ3v) is 8.69. The van der Waals surface area contributed by atoms with Crippen molar-refractivity contribution in [1.82, 2.24) is 0 Å². The highest BCUT2D eigenvalue weighted by Gasteiger charge is 2.40. The van der Waals surface area contributed by atoms with E-state index in [0.29, 0.717) is 12.0 Å². The van der Waals surface area contributed by atoms with E-state index in [1.54, 1.807) is 0 Å². The number of para-hydroxylation sites is 2. The van der Waals surface area contributed by atoms with E-state index in [0.717, 1.165) is 33.3 Å². The molecule has 0 saturated heterocycles. The van der Waals surface area contributed by atoms with E-state index in [-0.39, 0.29) is 0 Å². The third-order valence-electron chi connectivity index (χ3n) is 8.69. The van der Waals surface area contributed by atoms with Gasteiger partial charge in [0.1, 0.15) is 11.2 Å². The molecule has 0 amide bonds. The molecule has 1 aliphatic heterocycles. The van der Waals surface area contributed by atoms with E-state index in [9.17, 15) is 0 Å². The quantitative estimate of drug-likeness (QED) is 0.258. The Balaban J connectivity index is 1.03. The normalized spacial score (nSPS) is 18.3. The predicted molar refractivity (Wildman–Crippen MR) is 162 cm³/mol. The van der Waals surface area contributed by atoms with Gasteiger partial charge in [-0.05, 0) is 90.2 Å². The van der Waals surface area contributed by atoms with Crippen LogP contribution in [0.1, 0.15) is 37.2 Å². The number of fused-ring (bicyclic) bond motifs is 6. The summed E-state index contributed by atoms with van der Waals surface area (Å²) < 4.78 is 6.00. The summed E-state index contributed by atoms with van der Waals surface area (Å²) in [6, 6.07) is 41.9. The maximum atomic E-state index is 6.00. The van der Waals surface area contributed by atoms with Gasteiger partial charge in [0.15, 0.2) is 0 Å². The first-order valence-corrected chi connectivity index (χ1v) is 14.1. The Bertz CT molecular complexity index is 1800. The lowest BCUT2D eigenvalue weighted by atomic mass is 9.82. The zero-order chi connectivity index (χ0) is 25.8. The van der Waals surface area contributed by atoms with E-state index in [2.05, 4.69) is 113 Å². The van der Waals surface area contributed by atoms with Gasteiger partial charge in [-0.1, -0.05) is 67.4 Å². The van der Waals surface area contributed by atoms with Gasteiger partial charge < -0.3 is 14.6 Å². The molecule has 1 N–H and O–H groups in total. The van der Waals surface area contributed by atoms with Gasteiger partial charge in [0.05, 0.1) is 0 Å². The highest BCUT2D eigenvalue weighted by Crippen LogP contribution is 2.50. The summed E-state index contributed by atoms with van der Waals surface area (Å²) in [5.41, 5.74) is 10.7. The minimum absolute atomic E-state index is 0.585. The van der Waals surface area contributed by atoms with Crippen LogP contribution in [0, 0.1) is 0 Å². The van der Waals surface area contributed by atoms with Crippen molar-refractivity contribution >= 4 is 44.7 Å². The molecule has 3 heteroatoms. The molecule has 0 spiro atoms. The summed E-state index contributed by atoms with van der Waals surface area (Å²) in [5, 5.41) is 5.91. The van der Waals surface area contributed by atoms with E-state index in [1.807, 2.05) is 12.1 Å². The van der Waals surface area contributed by atoms with Crippen LogP contribution in [0.4, 0.5) is 22.7 Å². The number of hydrogen-bond donors (Lipinski definition) is 1. The second kappa shape index (κ2) is 9.06. The van der Waals surface area contributed by atoms with Crippen LogP contribution in [0.2, 0.25) is 0 Å². The number of nitrogens with one attached hydrogen (secondary N) is 1. The minimum Gasteiger partial charge on any atom is -0.456 e. The maximum Gasteiger partial charge on any atom is 0.135 e. The van der Waals surface area contributed by atoms with Crippen LogP contribution in [-0.2, 0) is 0 Å². The van der Waals surface area contributed by atoms with Gasteiger partial charge in [0.2, 0.25) is 0 Å². The second-order valence-corrected chi connectivity index (χ2v) is 10.9. The standard InChI is InChI=1S/C36H30N2O/c1-4-10-33-29(7-1)30-8-2-5-11-34(30)38(33)28-20-18-27(19-21-28)37-26-16-13-24(14-17-26)25-15-22-36-32(23-25)31-9-3-6-12-35(31)39-36/h1,3-4,6-7,9-10,12-23,30,34,37H,2,5,8,11H2. The van der Waals surface area contributed by atoms with Crippen molar-refractivity contribution in [1.29, 1.82) is 0 Å². The lowest BCUT2D eigenvalue weighted by Crippen LogP contribution is -2.32. The number of rotatable bonds is 4. The van der Waals surface area contributed by atoms with Crippen molar-refractivity contribution < 1.29 is 4.42 Å². The Labute approximate surface area is 228 Å². The minimum atomic E-state index is 0.585. The van der Waals surface area contributed by atoms with Crippen molar-refractivity contribution in [3.63, 3.8) is 0 Å². The van der Waals surface area contributed by atoms with Gasteiger partial charge in [-0.2, -0.15) is 0 Å². The first kappa shape index (κ1) is 22.5. The van der Waals surface area contributed by atoms with Gasteiger partial charge in [-0.15, -0.1) is 0 Å². The molecule has 6 aromatic rings. The van der Waals surface area contributed by atoms with Gasteiger partial charge >= 0.3 is 0 Å². The summed E-state index contributed by atoms with van der Waals surface area (Å²) in [7, 11) is 0. The SMILES string of the molecule is c1ccc2c(c1)C1CCCCC1N2c1ccc(Nc2ccc(-c3ccc4oc5ccccc5c4c3)cc2)cc1. The van der Waals surface area contributed by atoms with Gasteiger partial charge in [-0.3, -0.25) is 0 Å². The Morgan fingerprint density at radius 2 is 1.31 bits per heavy atom. The van der Waals surface area contributed by atoms with E-state index >= 15 is 0 Å². The van der Waals surface area contributed by atoms with Gasteiger partial charge in [0, 0.05) is 45.5 Å². The van der Waals surface area contributed by atoms with Crippen molar-refractivity contribution in [2.75, 3.05) is 10.2 Å². The van der Waals surface area contributed by atoms with Crippen molar-refractivity contribution in [3.8, 4) is 11.1 Å². The Hall–Kier alpha value is -4.50. The number of hydrogen-bond acceptors (Lipinski definition) is 3. The molecule has 1 fully saturated rings. The Morgan fingerprint density at radius 1 is 0.615 bits per heavy atom. The molecule has 0 bridgehead atoms. The molecule has 1 aromatic heterocycles. The van der Waals surface area contributed by atoms with E-state index in [1.165, 1.54) is 53.7 Å². The summed E-state index contributed by atoms with van der Waals surface area (Å²) in [4.78, 5) is 2.60. The van der Waals surface area contributed by atoms with Crippen LogP contribution in [0.5, 0.6) is 0 Å². The first-order chi connectivity index (χ1) is 19.3. The fourth-order valence-corrected chi connectivity index (χ4v) is 6.84. The van der Waals surface area contributed by atoms with Crippen molar-refractivity contribution in [3.05, 3.63) is 121 Å². The zero-order valence-corrected chi connectivity index (χ0v) is 21.8. The summed E-state index contributed by atoms with van der Waals surface area (Å²) in [6.07, 6.45) is 5.25. The van der Waals surface area contributed by atoms with Crippen LogP contribution in [0.15, 0.2) is 120 Å². The van der Waals surface area contributed by atoms with Crippen LogP contribution in [0.3, 0.4) is 0 Å². The average Bonchev–Trinajstić information content (AvgIpc) is 3.54. The summed E-state index contributed by atoms with van der Waals surface area (Å²) in [6.45, 7) is 0. The van der Waals surface area contributed by atoms with E-state index < -0.39 is 0 Å². The van der Waals surface area contributed by atoms with Gasteiger partial charge in [-0.25, -0.2) is 0 Å². The molecule has 1 aliphatic carbocycles. The molecule has 5 aromatic carbocycles. The molecular formula is C36H30N2O. The fourth-order valence-electron chi connectivity index (χ4n) is 6.84. The Kier molecular flexibility index (Phi) is 5.22. The zero-order valence-electron chi connectivity index (χ0n) is 21.8. The fraction of sp³-hybridized carbons (Fsp3) is 0.167. The molecule has 2 atom stereocenters.